The van der Waals surface area contributed by atoms with E-state index in [-0.39, 0.29) is 24.6 Å². The predicted octanol–water partition coefficient (Wildman–Crippen LogP) is 1.11. The monoisotopic (exact) mass is 297 g/mol. The lowest BCUT2D eigenvalue weighted by atomic mass is 10.2. The molecule has 0 fully saturated rings. The second kappa shape index (κ2) is 8.21. The van der Waals surface area contributed by atoms with Crippen LogP contribution >= 0.6 is 0 Å². The zero-order valence-electron chi connectivity index (χ0n) is 12.2. The van der Waals surface area contributed by atoms with Gasteiger partial charge in [0.25, 0.3) is 0 Å². The molecule has 0 spiro atoms. The number of hydrogen-bond donors (Lipinski definition) is 2. The number of nitrogens with one attached hydrogen (secondary N) is 1. The van der Waals surface area contributed by atoms with Crippen LogP contribution in [0.5, 0.6) is 0 Å². The van der Waals surface area contributed by atoms with Crippen LogP contribution in [0.4, 0.5) is 15.8 Å². The summed E-state index contributed by atoms with van der Waals surface area (Å²) in [5.74, 6) is -1.31. The number of anilines is 2. The highest BCUT2D eigenvalue weighted by Crippen LogP contribution is 2.21. The van der Waals surface area contributed by atoms with Gasteiger partial charge in [-0.1, -0.05) is 0 Å². The average molecular weight is 297 g/mol. The maximum atomic E-state index is 13.9. The van der Waals surface area contributed by atoms with Crippen molar-refractivity contribution in [2.24, 2.45) is 5.73 Å². The van der Waals surface area contributed by atoms with Crippen molar-refractivity contribution >= 4 is 23.3 Å². The molecule has 0 bridgehead atoms. The molecule has 0 aliphatic carbocycles. The zero-order valence-corrected chi connectivity index (χ0v) is 12.2. The van der Waals surface area contributed by atoms with Gasteiger partial charge in [-0.25, -0.2) is 4.39 Å². The van der Waals surface area contributed by atoms with Crippen LogP contribution < -0.4 is 16.0 Å². The molecular formula is C14H20FN3O3. The lowest BCUT2D eigenvalue weighted by Gasteiger charge is -2.19. The molecule has 0 radical (unpaired) electrons. The van der Waals surface area contributed by atoms with E-state index in [1.165, 1.54) is 12.1 Å². The van der Waals surface area contributed by atoms with Crippen LogP contribution in [0.1, 0.15) is 13.3 Å². The molecule has 0 atom stereocenters. The molecule has 1 rings (SSSR count). The standard InChI is InChI=1S/C14H20FN3O3/c1-3-21-14(20)6-7-18(2)10-4-5-12(11(15)8-10)17-13(19)9-16/h4-5,8H,3,6-7,9,16H2,1-2H3,(H,17,19). The maximum absolute atomic E-state index is 13.9. The van der Waals surface area contributed by atoms with Crippen molar-refractivity contribution in [2.75, 3.05) is 37.0 Å². The Kier molecular flexibility index (Phi) is 6.61. The van der Waals surface area contributed by atoms with Crippen LogP contribution in [0.2, 0.25) is 0 Å². The van der Waals surface area contributed by atoms with Crippen molar-refractivity contribution in [3.8, 4) is 0 Å². The van der Waals surface area contributed by atoms with Gasteiger partial charge in [-0.2, -0.15) is 0 Å². The summed E-state index contributed by atoms with van der Waals surface area (Å²) in [6, 6.07) is 4.40. The molecule has 0 saturated carbocycles. The molecule has 0 aromatic heterocycles. The van der Waals surface area contributed by atoms with E-state index in [2.05, 4.69) is 5.32 Å². The fourth-order valence-electron chi connectivity index (χ4n) is 1.67. The molecule has 1 aromatic rings. The largest absolute Gasteiger partial charge is 0.466 e. The number of nitrogens with two attached hydrogens (primary N) is 1. The van der Waals surface area contributed by atoms with E-state index >= 15 is 0 Å². The first-order valence-corrected chi connectivity index (χ1v) is 6.64. The Hall–Kier alpha value is -2.15. The van der Waals surface area contributed by atoms with E-state index in [0.29, 0.717) is 18.8 Å². The van der Waals surface area contributed by atoms with Gasteiger partial charge < -0.3 is 20.7 Å². The van der Waals surface area contributed by atoms with Crippen LogP contribution in [-0.2, 0) is 14.3 Å². The first-order valence-electron chi connectivity index (χ1n) is 6.64. The average Bonchev–Trinajstić information content (AvgIpc) is 2.47. The minimum atomic E-state index is -0.558. The second-order valence-corrected chi connectivity index (χ2v) is 4.39. The number of amides is 1. The van der Waals surface area contributed by atoms with Crippen LogP contribution in [0.25, 0.3) is 0 Å². The smallest absolute Gasteiger partial charge is 0.307 e. The SMILES string of the molecule is CCOC(=O)CCN(C)c1ccc(NC(=O)CN)c(F)c1. The number of hydrogen-bond acceptors (Lipinski definition) is 5. The first kappa shape index (κ1) is 16.9. The lowest BCUT2D eigenvalue weighted by Crippen LogP contribution is -2.23. The van der Waals surface area contributed by atoms with Crippen molar-refractivity contribution < 1.29 is 18.7 Å². The van der Waals surface area contributed by atoms with Crippen LogP contribution in [0.15, 0.2) is 18.2 Å². The summed E-state index contributed by atoms with van der Waals surface area (Å²) in [5, 5.41) is 2.36. The topological polar surface area (TPSA) is 84.7 Å². The molecule has 6 nitrogen and oxygen atoms in total. The Balaban J connectivity index is 2.65. The van der Waals surface area contributed by atoms with Crippen molar-refractivity contribution in [3.63, 3.8) is 0 Å². The number of nitrogens with zero attached hydrogens (tertiary/aromatic N) is 1. The fourth-order valence-corrected chi connectivity index (χ4v) is 1.67. The van der Waals surface area contributed by atoms with Crippen molar-refractivity contribution in [2.45, 2.75) is 13.3 Å². The summed E-state index contributed by atoms with van der Waals surface area (Å²) in [6.45, 7) is 2.28. The summed E-state index contributed by atoms with van der Waals surface area (Å²) < 4.78 is 18.7. The summed E-state index contributed by atoms with van der Waals surface area (Å²) in [4.78, 5) is 24.1. The molecule has 3 N–H and O–H groups in total. The van der Waals surface area contributed by atoms with Gasteiger partial charge in [0.05, 0.1) is 25.3 Å². The Morgan fingerprint density at radius 3 is 2.71 bits per heavy atom. The van der Waals surface area contributed by atoms with Crippen molar-refractivity contribution in [3.05, 3.63) is 24.0 Å². The Morgan fingerprint density at radius 1 is 1.43 bits per heavy atom. The van der Waals surface area contributed by atoms with Gasteiger partial charge in [-0.05, 0) is 25.1 Å². The van der Waals surface area contributed by atoms with Crippen LogP contribution in [-0.4, -0.2) is 38.6 Å². The van der Waals surface area contributed by atoms with E-state index in [1.807, 2.05) is 0 Å². The molecule has 116 valence electrons. The first-order chi connectivity index (χ1) is 9.97. The molecule has 1 amide bonds. The number of benzene rings is 1. The van der Waals surface area contributed by atoms with E-state index in [4.69, 9.17) is 10.5 Å². The summed E-state index contributed by atoms with van der Waals surface area (Å²) in [6.07, 6.45) is 0.220. The van der Waals surface area contributed by atoms with Gasteiger partial charge in [0, 0.05) is 19.3 Å². The zero-order chi connectivity index (χ0) is 15.8. The predicted molar refractivity (Wildman–Crippen MR) is 78.6 cm³/mol. The molecule has 0 aliphatic rings. The minimum Gasteiger partial charge on any atom is -0.466 e. The molecule has 0 heterocycles. The molecule has 1 aromatic carbocycles. The summed E-state index contributed by atoms with van der Waals surface area (Å²) in [5.41, 5.74) is 5.83. The molecule has 7 heteroatoms. The Labute approximate surface area is 123 Å². The number of carbonyl (C=O) groups is 2. The van der Waals surface area contributed by atoms with E-state index in [9.17, 15) is 14.0 Å². The Bertz CT molecular complexity index is 508. The number of halogens is 1. The normalized spacial score (nSPS) is 10.1. The number of carbonyl (C=O) groups excluding carboxylic acids is 2. The summed E-state index contributed by atoms with van der Waals surface area (Å²) in [7, 11) is 1.74. The number of ether oxygens (including phenoxy) is 1. The van der Waals surface area contributed by atoms with E-state index in [0.717, 1.165) is 0 Å². The molecule has 0 saturated heterocycles. The van der Waals surface area contributed by atoms with Gasteiger partial charge in [0.2, 0.25) is 5.91 Å². The fraction of sp³-hybridized carbons (Fsp3) is 0.429. The molecule has 0 aliphatic heterocycles. The van der Waals surface area contributed by atoms with Gasteiger partial charge in [-0.3, -0.25) is 9.59 Å². The molecule has 21 heavy (non-hydrogen) atoms. The number of esters is 1. The van der Waals surface area contributed by atoms with Gasteiger partial charge in [-0.15, -0.1) is 0 Å². The van der Waals surface area contributed by atoms with Gasteiger partial charge in [0.15, 0.2) is 0 Å². The molecule has 0 unspecified atom stereocenters. The van der Waals surface area contributed by atoms with Crippen LogP contribution in [0, 0.1) is 5.82 Å². The third-order valence-electron chi connectivity index (χ3n) is 2.81. The van der Waals surface area contributed by atoms with Gasteiger partial charge >= 0.3 is 5.97 Å². The molecular weight excluding hydrogens is 277 g/mol. The highest BCUT2D eigenvalue weighted by atomic mass is 19.1. The third kappa shape index (κ3) is 5.39. The summed E-state index contributed by atoms with van der Waals surface area (Å²) >= 11 is 0. The third-order valence-corrected chi connectivity index (χ3v) is 2.81. The van der Waals surface area contributed by atoms with E-state index in [1.54, 1.807) is 24.9 Å². The van der Waals surface area contributed by atoms with Crippen molar-refractivity contribution in [1.82, 2.24) is 0 Å². The maximum Gasteiger partial charge on any atom is 0.307 e. The Morgan fingerprint density at radius 2 is 2.14 bits per heavy atom. The quantitative estimate of drug-likeness (QED) is 0.737. The highest BCUT2D eigenvalue weighted by molar-refractivity contribution is 5.92. The van der Waals surface area contributed by atoms with Gasteiger partial charge in [0.1, 0.15) is 5.82 Å². The van der Waals surface area contributed by atoms with Crippen LogP contribution in [0.3, 0.4) is 0 Å². The lowest BCUT2D eigenvalue weighted by molar-refractivity contribution is -0.142. The minimum absolute atomic E-state index is 0.0768. The highest BCUT2D eigenvalue weighted by Gasteiger charge is 2.10. The van der Waals surface area contributed by atoms with E-state index < -0.39 is 11.7 Å². The second-order valence-electron chi connectivity index (χ2n) is 4.39. The van der Waals surface area contributed by atoms with Crippen molar-refractivity contribution in [1.29, 1.82) is 0 Å². The number of rotatable bonds is 7.